The molecule has 0 aliphatic rings. The van der Waals surface area contributed by atoms with Gasteiger partial charge in [0.25, 0.3) is 32.9 Å². The summed E-state index contributed by atoms with van der Waals surface area (Å²) in [5, 5.41) is 38.3. The molecule has 0 fully saturated rings. The minimum absolute atomic E-state index is 0.202. The number of rotatable bonds is 20. The summed E-state index contributed by atoms with van der Waals surface area (Å²) in [5.74, 6) is -2.25. The fraction of sp³-hybridized carbons (Fsp3) is 0.824. The van der Waals surface area contributed by atoms with Gasteiger partial charge in [0.05, 0.1) is 19.6 Å². The van der Waals surface area contributed by atoms with Crippen LogP contribution in [0.3, 0.4) is 0 Å². The normalized spacial score (nSPS) is 11.5. The lowest BCUT2D eigenvalue weighted by Crippen LogP contribution is -2.45. The first kappa shape index (κ1) is 35.0. The zero-order valence-corrected chi connectivity index (χ0v) is 21.3. The van der Waals surface area contributed by atoms with Gasteiger partial charge in [-0.1, -0.05) is 0 Å². The summed E-state index contributed by atoms with van der Waals surface area (Å²) in [5.41, 5.74) is -0.990. The van der Waals surface area contributed by atoms with Crippen molar-refractivity contribution in [2.75, 3.05) is 13.2 Å². The average molecular weight is 589 g/mol. The highest BCUT2D eigenvalue weighted by Gasteiger charge is 2.29. The van der Waals surface area contributed by atoms with E-state index in [1.807, 2.05) is 0 Å². The molecule has 1 amide bonds. The maximum Gasteiger partial charge on any atom is 0.408 e. The molecule has 0 aliphatic heterocycles. The lowest BCUT2D eigenvalue weighted by atomic mass is 10.2. The largest absolute Gasteiger partial charge is 0.466 e. The molecule has 0 aromatic heterocycles. The fourth-order valence-corrected chi connectivity index (χ4v) is 2.46. The van der Waals surface area contributed by atoms with Crippen molar-refractivity contribution >= 4 is 18.0 Å². The van der Waals surface area contributed by atoms with Gasteiger partial charge in [-0.15, -0.1) is 40.5 Å². The summed E-state index contributed by atoms with van der Waals surface area (Å²) in [6.45, 7) is 3.61. The van der Waals surface area contributed by atoms with Gasteiger partial charge >= 0.3 is 18.0 Å². The second-order valence-corrected chi connectivity index (χ2v) is 8.25. The number of hydrogen-bond donors (Lipinski definition) is 1. The first-order chi connectivity index (χ1) is 18.5. The highest BCUT2D eigenvalue weighted by atomic mass is 17.1. The number of amides is 1. The van der Waals surface area contributed by atoms with E-state index < -0.39 is 95.1 Å². The Bertz CT molecular complexity index is 876. The van der Waals surface area contributed by atoms with Gasteiger partial charge in [0.2, 0.25) is 0 Å². The third-order valence-corrected chi connectivity index (χ3v) is 3.84. The van der Waals surface area contributed by atoms with E-state index in [0.717, 1.165) is 0 Å². The number of nitrogens with zero attached hydrogens (tertiary/aromatic N) is 4. The van der Waals surface area contributed by atoms with Crippen LogP contribution in [0.25, 0.3) is 0 Å². The molecule has 1 atom stereocenters. The highest BCUT2D eigenvalue weighted by Crippen LogP contribution is 2.10. The van der Waals surface area contributed by atoms with Crippen molar-refractivity contribution in [3.8, 4) is 0 Å². The fourth-order valence-electron chi connectivity index (χ4n) is 2.46. The van der Waals surface area contributed by atoms with E-state index in [9.17, 15) is 54.8 Å². The minimum atomic E-state index is -1.90. The van der Waals surface area contributed by atoms with Crippen molar-refractivity contribution in [3.63, 3.8) is 0 Å². The maximum absolute atomic E-state index is 12.5. The van der Waals surface area contributed by atoms with Crippen molar-refractivity contribution in [3.05, 3.63) is 40.5 Å². The minimum Gasteiger partial charge on any atom is -0.466 e. The zero-order valence-electron chi connectivity index (χ0n) is 21.3. The van der Waals surface area contributed by atoms with Crippen LogP contribution in [0.5, 0.6) is 0 Å². The summed E-state index contributed by atoms with van der Waals surface area (Å²) in [6.07, 6.45) is -7.02. The molecular weight excluding hydrogens is 562 g/mol. The molecule has 0 radical (unpaired) electrons. The predicted molar refractivity (Wildman–Crippen MR) is 118 cm³/mol. The molecule has 0 aromatic carbocycles. The third-order valence-electron chi connectivity index (χ3n) is 3.84. The van der Waals surface area contributed by atoms with Crippen LogP contribution in [0.4, 0.5) is 4.79 Å². The summed E-state index contributed by atoms with van der Waals surface area (Å²) in [4.78, 5) is 94.0. The molecule has 23 heteroatoms. The van der Waals surface area contributed by atoms with Crippen molar-refractivity contribution in [2.24, 2.45) is 0 Å². The van der Waals surface area contributed by atoms with Crippen LogP contribution in [0, 0.1) is 40.5 Å². The molecule has 0 rings (SSSR count). The molecule has 0 aliphatic carbocycles. The van der Waals surface area contributed by atoms with Gasteiger partial charge in [-0.3, -0.25) is 24.1 Å². The van der Waals surface area contributed by atoms with Gasteiger partial charge in [0.15, 0.2) is 0 Å². The van der Waals surface area contributed by atoms with Crippen LogP contribution in [-0.4, -0.2) is 75.8 Å². The van der Waals surface area contributed by atoms with Crippen molar-refractivity contribution in [1.82, 2.24) is 5.32 Å². The number of hydrogen-bond acceptors (Lipinski definition) is 18. The lowest BCUT2D eigenvalue weighted by Gasteiger charge is -2.22. The topological polar surface area (TPSA) is 300 Å². The molecule has 0 spiro atoms. The summed E-state index contributed by atoms with van der Waals surface area (Å²) in [6, 6.07) is -1.66. The van der Waals surface area contributed by atoms with Crippen LogP contribution in [0.1, 0.15) is 52.9 Å². The first-order valence-corrected chi connectivity index (χ1v) is 11.0. The summed E-state index contributed by atoms with van der Waals surface area (Å²) >= 11 is 0. The Morgan fingerprint density at radius 2 is 1.12 bits per heavy atom. The molecule has 0 saturated heterocycles. The Hall–Kier alpha value is -4.99. The molecule has 0 heterocycles. The number of nitrogens with one attached hydrogen (secondary N) is 1. The first-order valence-electron chi connectivity index (χ1n) is 11.0. The third kappa shape index (κ3) is 19.2. The zero-order chi connectivity index (χ0) is 30.9. The van der Waals surface area contributed by atoms with E-state index in [1.165, 1.54) is 20.8 Å². The predicted octanol–water partition coefficient (Wildman–Crippen LogP) is 0.402. The quantitative estimate of drug-likeness (QED) is 0.0501. The van der Waals surface area contributed by atoms with Crippen LogP contribution in [0.15, 0.2) is 0 Å². The molecule has 1 N–H and O–H groups in total. The van der Waals surface area contributed by atoms with Crippen molar-refractivity contribution in [2.45, 2.75) is 77.1 Å². The Morgan fingerprint density at radius 3 is 1.50 bits per heavy atom. The van der Waals surface area contributed by atoms with Crippen LogP contribution in [0.2, 0.25) is 0 Å². The van der Waals surface area contributed by atoms with Gasteiger partial charge in [-0.2, -0.15) is 0 Å². The molecule has 23 nitrogen and oxygen atoms in total. The van der Waals surface area contributed by atoms with Crippen molar-refractivity contribution < 1.29 is 68.3 Å². The Kier molecular flexibility index (Phi) is 15.3. The molecular formula is C17H27N5O18. The van der Waals surface area contributed by atoms with Gasteiger partial charge in [-0.25, -0.2) is 9.59 Å². The number of esters is 2. The Morgan fingerprint density at radius 1 is 0.725 bits per heavy atom. The van der Waals surface area contributed by atoms with E-state index in [4.69, 9.17) is 14.2 Å². The number of carbonyl (C=O) groups excluding carboxylic acids is 3. The molecule has 0 aromatic rings. The van der Waals surface area contributed by atoms with Gasteiger partial charge < -0.3 is 19.5 Å². The highest BCUT2D eigenvalue weighted by molar-refractivity contribution is 5.86. The molecule has 0 unspecified atom stereocenters. The van der Waals surface area contributed by atoms with E-state index in [1.54, 1.807) is 0 Å². The van der Waals surface area contributed by atoms with Crippen molar-refractivity contribution in [1.29, 1.82) is 0 Å². The SMILES string of the molecule is CC(C)(C)OC(=O)N[C@@H](CC(=O)OCCCC(O[N+](=O)[O-])O[N+](=O)[O-])C(=O)OCCCC(O[N+](=O)[O-])O[N+](=O)[O-]. The maximum atomic E-state index is 12.5. The Balaban J connectivity index is 5.00. The van der Waals surface area contributed by atoms with Crippen LogP contribution < -0.4 is 5.32 Å². The number of carbonyl (C=O) groups is 3. The number of alkyl carbamates (subject to hydrolysis) is 1. The standard InChI is InChI=1S/C17H27N5O18/c1-17(2,3)36-16(25)18-11(15(24)35-9-5-7-14(39-21(30)31)40-22(32)33)10-12(23)34-8-4-6-13(37-19(26)27)38-20(28)29/h11,13-14H,4-10H2,1-3H3,(H,18,25)/t11-/m0/s1. The molecule has 228 valence electrons. The van der Waals surface area contributed by atoms with Crippen LogP contribution >= 0.6 is 0 Å². The lowest BCUT2D eigenvalue weighted by molar-refractivity contribution is -0.851. The van der Waals surface area contributed by atoms with E-state index >= 15 is 0 Å². The second kappa shape index (κ2) is 17.5. The molecule has 0 saturated carbocycles. The van der Waals surface area contributed by atoms with Gasteiger partial charge in [0.1, 0.15) is 11.6 Å². The average Bonchev–Trinajstić information content (AvgIpc) is 2.75. The molecule has 40 heavy (non-hydrogen) atoms. The van der Waals surface area contributed by atoms with Gasteiger partial charge in [-0.05, 0) is 33.6 Å². The number of ether oxygens (including phenoxy) is 3. The smallest absolute Gasteiger partial charge is 0.408 e. The molecule has 0 bridgehead atoms. The van der Waals surface area contributed by atoms with E-state index in [2.05, 4.69) is 24.7 Å². The van der Waals surface area contributed by atoms with E-state index in [0.29, 0.717) is 0 Å². The van der Waals surface area contributed by atoms with Gasteiger partial charge in [0, 0.05) is 12.8 Å². The summed E-state index contributed by atoms with van der Waals surface area (Å²) in [7, 11) is 0. The second-order valence-electron chi connectivity index (χ2n) is 8.25. The summed E-state index contributed by atoms with van der Waals surface area (Å²) < 4.78 is 14.8. The van der Waals surface area contributed by atoms with Crippen LogP contribution in [-0.2, 0) is 43.2 Å². The monoisotopic (exact) mass is 589 g/mol. The van der Waals surface area contributed by atoms with E-state index in [-0.39, 0.29) is 12.8 Å². The Labute approximate surface area is 223 Å².